The third kappa shape index (κ3) is 5.37. The lowest BCUT2D eigenvalue weighted by Crippen LogP contribution is -2.62. The average Bonchev–Trinajstić information content (AvgIpc) is 2.64. The Balaban J connectivity index is 2.34. The SMILES string of the molecule is CCNc1ncc(Cl)cc1C(O)/C(C=[NH+]c1ccc(Cl)c(C(F)(F)F)c1)=C/N. The van der Waals surface area contributed by atoms with Crippen molar-refractivity contribution in [2.75, 3.05) is 11.9 Å². The van der Waals surface area contributed by atoms with Crippen molar-refractivity contribution in [1.29, 1.82) is 0 Å². The number of aromatic nitrogens is 1. The Bertz CT molecular complexity index is 901. The molecule has 0 saturated carbocycles. The summed E-state index contributed by atoms with van der Waals surface area (Å²) in [6.07, 6.45) is -1.95. The highest BCUT2D eigenvalue weighted by Crippen LogP contribution is 2.35. The van der Waals surface area contributed by atoms with Crippen molar-refractivity contribution in [2.24, 2.45) is 5.73 Å². The number of rotatable bonds is 6. The van der Waals surface area contributed by atoms with Gasteiger partial charge in [-0.25, -0.2) is 9.98 Å². The lowest BCUT2D eigenvalue weighted by molar-refractivity contribution is -0.347. The van der Waals surface area contributed by atoms with Gasteiger partial charge in [-0.05, 0) is 19.1 Å². The molecular weight excluding hydrogens is 416 g/mol. The zero-order valence-corrected chi connectivity index (χ0v) is 16.2. The van der Waals surface area contributed by atoms with E-state index >= 15 is 0 Å². The predicted octanol–water partition coefficient (Wildman–Crippen LogP) is 3.20. The first-order valence-electron chi connectivity index (χ1n) is 8.13. The second-order valence-corrected chi connectivity index (χ2v) is 6.52. The first kappa shape index (κ1) is 22.0. The Hall–Kier alpha value is -2.29. The molecule has 5 nitrogen and oxygen atoms in total. The quantitative estimate of drug-likeness (QED) is 0.527. The second-order valence-electron chi connectivity index (χ2n) is 5.67. The van der Waals surface area contributed by atoms with Crippen molar-refractivity contribution in [3.05, 3.63) is 63.4 Å². The summed E-state index contributed by atoms with van der Waals surface area (Å²) in [4.78, 5) is 6.81. The number of aliphatic hydroxyl groups is 1. The minimum Gasteiger partial charge on any atom is -0.404 e. The smallest absolute Gasteiger partial charge is 0.404 e. The Labute approximate surface area is 169 Å². The monoisotopic (exact) mass is 433 g/mol. The van der Waals surface area contributed by atoms with Crippen LogP contribution in [0.5, 0.6) is 0 Å². The fourth-order valence-corrected chi connectivity index (χ4v) is 2.77. The maximum atomic E-state index is 13.0. The van der Waals surface area contributed by atoms with E-state index < -0.39 is 22.9 Å². The van der Waals surface area contributed by atoms with Crippen LogP contribution in [0.25, 0.3) is 0 Å². The molecule has 1 aromatic carbocycles. The van der Waals surface area contributed by atoms with Gasteiger partial charge in [-0.1, -0.05) is 23.2 Å². The molecule has 0 aliphatic heterocycles. The zero-order chi connectivity index (χ0) is 20.9. The van der Waals surface area contributed by atoms with E-state index in [0.717, 1.165) is 18.3 Å². The molecular formula is C18H18Cl2F3N4O+. The van der Waals surface area contributed by atoms with E-state index in [1.54, 1.807) is 0 Å². The second kappa shape index (κ2) is 9.27. The molecule has 1 unspecified atom stereocenters. The molecule has 1 atom stereocenters. The van der Waals surface area contributed by atoms with Gasteiger partial charge < -0.3 is 16.2 Å². The van der Waals surface area contributed by atoms with E-state index in [1.165, 1.54) is 24.5 Å². The largest absolute Gasteiger partial charge is 0.418 e. The highest BCUT2D eigenvalue weighted by atomic mass is 35.5. The van der Waals surface area contributed by atoms with Crippen LogP contribution in [0.2, 0.25) is 10.0 Å². The molecule has 2 aromatic rings. The Morgan fingerprint density at radius 2 is 2.07 bits per heavy atom. The Morgan fingerprint density at radius 1 is 1.36 bits per heavy atom. The average molecular weight is 434 g/mol. The van der Waals surface area contributed by atoms with Crippen molar-refractivity contribution in [3.8, 4) is 0 Å². The molecule has 0 aliphatic rings. The lowest BCUT2D eigenvalue weighted by Gasteiger charge is -2.15. The number of hydrogen-bond acceptors (Lipinski definition) is 4. The summed E-state index contributed by atoms with van der Waals surface area (Å²) in [5.74, 6) is 0.415. The summed E-state index contributed by atoms with van der Waals surface area (Å²) in [7, 11) is 0. The number of pyridine rings is 1. The molecule has 0 aliphatic carbocycles. The maximum Gasteiger partial charge on any atom is 0.418 e. The van der Waals surface area contributed by atoms with Crippen LogP contribution in [0, 0.1) is 0 Å². The molecule has 5 N–H and O–H groups in total. The summed E-state index contributed by atoms with van der Waals surface area (Å²) >= 11 is 11.6. The topological polar surface area (TPSA) is 85.1 Å². The molecule has 0 saturated heterocycles. The number of anilines is 1. The molecule has 1 heterocycles. The van der Waals surface area contributed by atoms with Crippen LogP contribution in [0.1, 0.15) is 24.2 Å². The molecule has 150 valence electrons. The number of nitrogens with zero attached hydrogens (tertiary/aromatic N) is 1. The first-order chi connectivity index (χ1) is 13.2. The fraction of sp³-hybridized carbons (Fsp3) is 0.222. The fourth-order valence-electron chi connectivity index (χ4n) is 2.38. The summed E-state index contributed by atoms with van der Waals surface area (Å²) in [5.41, 5.74) is 5.32. The van der Waals surface area contributed by atoms with Crippen molar-refractivity contribution in [1.82, 2.24) is 4.98 Å². The van der Waals surface area contributed by atoms with Gasteiger partial charge in [0.25, 0.3) is 0 Å². The molecule has 0 fully saturated rings. The molecule has 0 spiro atoms. The van der Waals surface area contributed by atoms with Crippen molar-refractivity contribution >= 4 is 40.9 Å². The normalized spacial score (nSPS) is 13.8. The summed E-state index contributed by atoms with van der Waals surface area (Å²) < 4.78 is 38.9. The summed E-state index contributed by atoms with van der Waals surface area (Å²) in [6, 6.07) is 4.90. The van der Waals surface area contributed by atoms with Gasteiger partial charge in [0.15, 0.2) is 6.21 Å². The number of benzene rings is 1. The van der Waals surface area contributed by atoms with Gasteiger partial charge in [-0.2, -0.15) is 13.2 Å². The van der Waals surface area contributed by atoms with Crippen molar-refractivity contribution in [2.45, 2.75) is 19.2 Å². The number of nitrogens with two attached hydrogens (primary N) is 1. The van der Waals surface area contributed by atoms with Gasteiger partial charge >= 0.3 is 6.18 Å². The van der Waals surface area contributed by atoms with E-state index in [-0.39, 0.29) is 11.3 Å². The Kier molecular flexibility index (Phi) is 7.29. The molecule has 0 radical (unpaired) electrons. The van der Waals surface area contributed by atoms with E-state index in [0.29, 0.717) is 22.9 Å². The molecule has 2 rings (SSSR count). The van der Waals surface area contributed by atoms with Gasteiger partial charge in [0.1, 0.15) is 11.9 Å². The van der Waals surface area contributed by atoms with Crippen LogP contribution in [-0.4, -0.2) is 22.8 Å². The van der Waals surface area contributed by atoms with E-state index in [2.05, 4.69) is 15.3 Å². The first-order valence-corrected chi connectivity index (χ1v) is 8.88. The predicted molar refractivity (Wildman–Crippen MR) is 104 cm³/mol. The van der Waals surface area contributed by atoms with Crippen LogP contribution < -0.4 is 16.0 Å². The van der Waals surface area contributed by atoms with E-state index in [1.807, 2.05) is 6.92 Å². The van der Waals surface area contributed by atoms with Crippen LogP contribution in [0.4, 0.5) is 24.7 Å². The highest BCUT2D eigenvalue weighted by Gasteiger charge is 2.34. The van der Waals surface area contributed by atoms with Crippen LogP contribution >= 0.6 is 23.2 Å². The van der Waals surface area contributed by atoms with E-state index in [9.17, 15) is 18.3 Å². The van der Waals surface area contributed by atoms with Crippen molar-refractivity contribution < 1.29 is 23.3 Å². The third-order valence-electron chi connectivity index (χ3n) is 3.71. The minimum absolute atomic E-state index is 0.124. The summed E-state index contributed by atoms with van der Waals surface area (Å²) in [6.45, 7) is 2.42. The molecule has 0 bridgehead atoms. The van der Waals surface area contributed by atoms with Gasteiger partial charge in [0, 0.05) is 36.6 Å². The molecule has 28 heavy (non-hydrogen) atoms. The van der Waals surface area contributed by atoms with Gasteiger partial charge in [-0.3, -0.25) is 0 Å². The highest BCUT2D eigenvalue weighted by molar-refractivity contribution is 6.31. The minimum atomic E-state index is -4.59. The molecule has 1 aromatic heterocycles. The van der Waals surface area contributed by atoms with Gasteiger partial charge in [-0.15, -0.1) is 0 Å². The Morgan fingerprint density at radius 3 is 2.68 bits per heavy atom. The summed E-state index contributed by atoms with van der Waals surface area (Å²) in [5, 5.41) is 13.6. The van der Waals surface area contributed by atoms with Crippen molar-refractivity contribution in [3.63, 3.8) is 0 Å². The van der Waals surface area contributed by atoms with Crippen LogP contribution in [-0.2, 0) is 6.18 Å². The number of halogens is 5. The third-order valence-corrected chi connectivity index (χ3v) is 4.24. The lowest BCUT2D eigenvalue weighted by atomic mass is 10.0. The number of hydrogen-bond donors (Lipinski definition) is 4. The molecule has 0 amide bonds. The van der Waals surface area contributed by atoms with Crippen LogP contribution in [0.15, 0.2) is 42.2 Å². The van der Waals surface area contributed by atoms with E-state index in [4.69, 9.17) is 28.9 Å². The zero-order valence-electron chi connectivity index (χ0n) is 14.7. The standard InChI is InChI=1S/C18H17Cl2F3N4O/c1-2-25-17-13(5-11(19)9-27-17)16(28)10(7-24)8-26-12-3-4-15(20)14(6-12)18(21,22)23/h3-9,16,28H,2,24H2,1H3,(H,25,27)/p+1/b10-7+,26-8?. The maximum absolute atomic E-state index is 13.0. The molecule has 10 heteroatoms. The number of alkyl halides is 3. The van der Waals surface area contributed by atoms with Gasteiger partial charge in [0.2, 0.25) is 5.69 Å². The van der Waals surface area contributed by atoms with Gasteiger partial charge in [0.05, 0.1) is 21.2 Å². The number of nitrogens with one attached hydrogen (secondary N) is 2. The van der Waals surface area contributed by atoms with Crippen LogP contribution in [0.3, 0.4) is 0 Å². The number of aliphatic hydroxyl groups excluding tert-OH is 1.